The number of benzene rings is 1. The number of nitrogens with one attached hydrogen (secondary N) is 1. The number of rotatable bonds is 3. The molecule has 0 amide bonds. The lowest BCUT2D eigenvalue weighted by atomic mass is 10.2. The van der Waals surface area contributed by atoms with Gasteiger partial charge in [-0.05, 0) is 45.0 Å². The van der Waals surface area contributed by atoms with Gasteiger partial charge in [-0.3, -0.25) is 0 Å². The highest BCUT2D eigenvalue weighted by atomic mass is 32.1. The number of anilines is 1. The van der Waals surface area contributed by atoms with E-state index in [4.69, 9.17) is 0 Å². The van der Waals surface area contributed by atoms with Crippen molar-refractivity contribution in [2.24, 2.45) is 0 Å². The van der Waals surface area contributed by atoms with Gasteiger partial charge in [0.1, 0.15) is 5.01 Å². The Labute approximate surface area is 100 Å². The van der Waals surface area contributed by atoms with Gasteiger partial charge in [0, 0.05) is 28.4 Å². The Morgan fingerprint density at radius 3 is 2.38 bits per heavy atom. The highest BCUT2D eigenvalue weighted by Gasteiger charge is 2.02. The summed E-state index contributed by atoms with van der Waals surface area (Å²) >= 11 is 1.69. The van der Waals surface area contributed by atoms with E-state index in [9.17, 15) is 0 Å². The summed E-state index contributed by atoms with van der Waals surface area (Å²) in [4.78, 5) is 4.47. The minimum Gasteiger partial charge on any atom is -0.383 e. The SMILES string of the molecule is Cc1csc(-c2ccc(NC(C)C)cc2)n1. The fraction of sp³-hybridized carbons (Fsp3) is 0.308. The molecule has 1 N–H and O–H groups in total. The lowest BCUT2D eigenvalue weighted by Gasteiger charge is -2.09. The molecule has 0 aliphatic heterocycles. The van der Waals surface area contributed by atoms with Gasteiger partial charge in [-0.25, -0.2) is 4.98 Å². The first-order valence-electron chi connectivity index (χ1n) is 5.44. The molecule has 0 bridgehead atoms. The van der Waals surface area contributed by atoms with Gasteiger partial charge in [-0.1, -0.05) is 0 Å². The summed E-state index contributed by atoms with van der Waals surface area (Å²) in [5.74, 6) is 0. The van der Waals surface area contributed by atoms with Gasteiger partial charge in [-0.2, -0.15) is 0 Å². The van der Waals surface area contributed by atoms with Crippen LogP contribution < -0.4 is 5.32 Å². The largest absolute Gasteiger partial charge is 0.383 e. The molecule has 2 aromatic rings. The van der Waals surface area contributed by atoms with Crippen molar-refractivity contribution in [1.82, 2.24) is 4.98 Å². The maximum atomic E-state index is 4.47. The molecule has 0 aliphatic carbocycles. The van der Waals surface area contributed by atoms with Crippen LogP contribution >= 0.6 is 11.3 Å². The molecule has 1 aromatic heterocycles. The number of nitrogens with zero attached hydrogens (tertiary/aromatic N) is 1. The van der Waals surface area contributed by atoms with Crippen LogP contribution in [0, 0.1) is 6.92 Å². The van der Waals surface area contributed by atoms with Gasteiger partial charge in [0.25, 0.3) is 0 Å². The third-order valence-corrected chi connectivity index (χ3v) is 3.22. The number of aryl methyl sites for hydroxylation is 1. The predicted molar refractivity (Wildman–Crippen MR) is 71.0 cm³/mol. The van der Waals surface area contributed by atoms with Crippen molar-refractivity contribution in [3.05, 3.63) is 35.3 Å². The Bertz CT molecular complexity index is 457. The molecule has 1 aromatic carbocycles. The van der Waals surface area contributed by atoms with E-state index in [2.05, 4.69) is 53.8 Å². The van der Waals surface area contributed by atoms with Crippen LogP contribution in [0.2, 0.25) is 0 Å². The van der Waals surface area contributed by atoms with Crippen LogP contribution in [0.5, 0.6) is 0 Å². The van der Waals surface area contributed by atoms with Crippen molar-refractivity contribution in [3.8, 4) is 10.6 Å². The number of aromatic nitrogens is 1. The minimum absolute atomic E-state index is 0.466. The van der Waals surface area contributed by atoms with Gasteiger partial charge >= 0.3 is 0 Å². The first-order chi connectivity index (χ1) is 7.65. The summed E-state index contributed by atoms with van der Waals surface area (Å²) in [5, 5.41) is 6.54. The zero-order chi connectivity index (χ0) is 11.5. The quantitative estimate of drug-likeness (QED) is 0.867. The third kappa shape index (κ3) is 2.61. The number of hydrogen-bond donors (Lipinski definition) is 1. The normalized spacial score (nSPS) is 10.8. The summed E-state index contributed by atoms with van der Waals surface area (Å²) in [6.45, 7) is 6.30. The van der Waals surface area contributed by atoms with Gasteiger partial charge < -0.3 is 5.32 Å². The molecule has 0 aliphatic rings. The van der Waals surface area contributed by atoms with Crippen molar-refractivity contribution < 1.29 is 0 Å². The molecule has 0 atom stereocenters. The molecular formula is C13H16N2S. The maximum Gasteiger partial charge on any atom is 0.123 e. The van der Waals surface area contributed by atoms with E-state index in [1.165, 1.54) is 5.56 Å². The van der Waals surface area contributed by atoms with Crippen molar-refractivity contribution >= 4 is 17.0 Å². The molecule has 0 saturated heterocycles. The highest BCUT2D eigenvalue weighted by molar-refractivity contribution is 7.13. The second kappa shape index (κ2) is 4.66. The number of thiazole rings is 1. The standard InChI is InChI=1S/C13H16N2S/c1-9(2)14-12-6-4-11(5-7-12)13-15-10(3)8-16-13/h4-9,14H,1-3H3. The minimum atomic E-state index is 0.466. The first kappa shape index (κ1) is 11.1. The van der Waals surface area contributed by atoms with Crippen molar-refractivity contribution in [2.45, 2.75) is 26.8 Å². The molecule has 0 spiro atoms. The van der Waals surface area contributed by atoms with Crippen LogP contribution in [-0.4, -0.2) is 11.0 Å². The van der Waals surface area contributed by atoms with Gasteiger partial charge in [0.05, 0.1) is 0 Å². The van der Waals surface area contributed by atoms with E-state index < -0.39 is 0 Å². The van der Waals surface area contributed by atoms with Crippen molar-refractivity contribution in [2.75, 3.05) is 5.32 Å². The zero-order valence-electron chi connectivity index (χ0n) is 9.82. The average Bonchev–Trinajstić information content (AvgIpc) is 2.65. The first-order valence-corrected chi connectivity index (χ1v) is 6.32. The van der Waals surface area contributed by atoms with Crippen LogP contribution in [0.25, 0.3) is 10.6 Å². The van der Waals surface area contributed by atoms with E-state index in [0.717, 1.165) is 16.4 Å². The summed E-state index contributed by atoms with van der Waals surface area (Å²) in [6.07, 6.45) is 0. The molecule has 2 nitrogen and oxygen atoms in total. The second-order valence-corrected chi connectivity index (χ2v) is 5.03. The van der Waals surface area contributed by atoms with E-state index in [0.29, 0.717) is 6.04 Å². The molecule has 2 rings (SSSR count). The third-order valence-electron chi connectivity index (χ3n) is 2.21. The van der Waals surface area contributed by atoms with Crippen LogP contribution in [0.1, 0.15) is 19.5 Å². The Kier molecular flexibility index (Phi) is 3.25. The van der Waals surface area contributed by atoms with Gasteiger partial charge in [-0.15, -0.1) is 11.3 Å². The monoisotopic (exact) mass is 232 g/mol. The van der Waals surface area contributed by atoms with Crippen LogP contribution in [0.15, 0.2) is 29.6 Å². The average molecular weight is 232 g/mol. The summed E-state index contributed by atoms with van der Waals surface area (Å²) < 4.78 is 0. The van der Waals surface area contributed by atoms with E-state index in [1.807, 2.05) is 6.92 Å². The van der Waals surface area contributed by atoms with Crippen molar-refractivity contribution in [1.29, 1.82) is 0 Å². The Hall–Kier alpha value is -1.35. The number of hydrogen-bond acceptors (Lipinski definition) is 3. The molecule has 0 saturated carbocycles. The maximum absolute atomic E-state index is 4.47. The van der Waals surface area contributed by atoms with E-state index in [-0.39, 0.29) is 0 Å². The van der Waals surface area contributed by atoms with Crippen LogP contribution in [0.3, 0.4) is 0 Å². The summed E-state index contributed by atoms with van der Waals surface area (Å²) in [5.41, 5.74) is 3.43. The summed E-state index contributed by atoms with van der Waals surface area (Å²) in [7, 11) is 0. The molecule has 0 unspecified atom stereocenters. The van der Waals surface area contributed by atoms with Gasteiger partial charge in [0.15, 0.2) is 0 Å². The molecular weight excluding hydrogens is 216 g/mol. The lowest BCUT2D eigenvalue weighted by Crippen LogP contribution is -2.09. The molecule has 16 heavy (non-hydrogen) atoms. The Morgan fingerprint density at radius 2 is 1.88 bits per heavy atom. The second-order valence-electron chi connectivity index (χ2n) is 4.17. The van der Waals surface area contributed by atoms with Crippen molar-refractivity contribution in [3.63, 3.8) is 0 Å². The molecule has 0 radical (unpaired) electrons. The lowest BCUT2D eigenvalue weighted by molar-refractivity contribution is 0.900. The van der Waals surface area contributed by atoms with E-state index >= 15 is 0 Å². The fourth-order valence-electron chi connectivity index (χ4n) is 1.53. The highest BCUT2D eigenvalue weighted by Crippen LogP contribution is 2.24. The van der Waals surface area contributed by atoms with Crippen LogP contribution in [-0.2, 0) is 0 Å². The molecule has 84 valence electrons. The topological polar surface area (TPSA) is 24.9 Å². The van der Waals surface area contributed by atoms with E-state index in [1.54, 1.807) is 11.3 Å². The molecule has 3 heteroatoms. The Morgan fingerprint density at radius 1 is 1.19 bits per heavy atom. The predicted octanol–water partition coefficient (Wildman–Crippen LogP) is 3.94. The van der Waals surface area contributed by atoms with Crippen LogP contribution in [0.4, 0.5) is 5.69 Å². The Balaban J connectivity index is 2.19. The smallest absolute Gasteiger partial charge is 0.123 e. The van der Waals surface area contributed by atoms with Gasteiger partial charge in [0.2, 0.25) is 0 Å². The summed E-state index contributed by atoms with van der Waals surface area (Å²) in [6, 6.07) is 8.90. The molecule has 1 heterocycles. The molecule has 0 fully saturated rings. The zero-order valence-corrected chi connectivity index (χ0v) is 10.6. The fourth-order valence-corrected chi connectivity index (χ4v) is 2.33.